The van der Waals surface area contributed by atoms with E-state index in [2.05, 4.69) is 27.0 Å². The van der Waals surface area contributed by atoms with E-state index in [9.17, 15) is 0 Å². The van der Waals surface area contributed by atoms with Crippen LogP contribution in [0.3, 0.4) is 0 Å². The monoisotopic (exact) mass is 478 g/mol. The molecule has 1 unspecified atom stereocenters. The number of aromatic nitrogens is 5. The highest BCUT2D eigenvalue weighted by Gasteiger charge is 2.46. The number of hydrogen-bond donors (Lipinski definition) is 2. The fourth-order valence-electron chi connectivity index (χ4n) is 5.12. The van der Waals surface area contributed by atoms with Crippen LogP contribution in [0.2, 0.25) is 10.2 Å². The molecule has 5 rings (SSSR count). The molecule has 11 heteroatoms. The molecule has 3 aromatic rings. The highest BCUT2D eigenvalue weighted by Crippen LogP contribution is 2.48. The van der Waals surface area contributed by atoms with Crippen molar-refractivity contribution in [3.63, 3.8) is 0 Å². The van der Waals surface area contributed by atoms with Gasteiger partial charge in [-0.1, -0.05) is 41.9 Å². The second kappa shape index (κ2) is 7.95. The average molecular weight is 479 g/mol. The molecule has 0 radical (unpaired) electrons. The van der Waals surface area contributed by atoms with Crippen LogP contribution in [0.25, 0.3) is 5.65 Å². The topological polar surface area (TPSA) is 111 Å². The first-order valence-electron chi connectivity index (χ1n) is 10.3. The summed E-state index contributed by atoms with van der Waals surface area (Å²) in [5, 5.41) is 8.97. The zero-order valence-corrected chi connectivity index (χ0v) is 19.5. The minimum Gasteiger partial charge on any atom is -0.384 e. The standard InChI is InChI=1S/C20H24Cl2N8S/c1-11-6-14(23)20(8-11)2-4-29(5-3-20)19-25-9-13(18-28-26-10-30(18)19)31-12-7-15(24)27-17(22)16(12)21/h7,9-11,14H,2-6,8,23H2,1H3,(H2,24,27)/t11?,14-/m1/s1. The van der Waals surface area contributed by atoms with Gasteiger partial charge in [-0.05, 0) is 43.1 Å². The molecule has 1 spiro atoms. The fraction of sp³-hybridized carbons (Fsp3) is 0.500. The number of anilines is 2. The molecule has 0 bridgehead atoms. The third kappa shape index (κ3) is 3.71. The van der Waals surface area contributed by atoms with Crippen molar-refractivity contribution in [2.24, 2.45) is 17.1 Å². The van der Waals surface area contributed by atoms with Crippen LogP contribution in [0.4, 0.5) is 11.8 Å². The van der Waals surface area contributed by atoms with Crippen LogP contribution >= 0.6 is 35.0 Å². The summed E-state index contributed by atoms with van der Waals surface area (Å²) < 4.78 is 1.93. The molecule has 4 heterocycles. The number of nitrogens with two attached hydrogens (primary N) is 2. The van der Waals surface area contributed by atoms with Gasteiger partial charge in [0.15, 0.2) is 10.8 Å². The Hall–Kier alpha value is -1.81. The predicted octanol–water partition coefficient (Wildman–Crippen LogP) is 3.90. The van der Waals surface area contributed by atoms with Gasteiger partial charge in [-0.25, -0.2) is 14.4 Å². The number of hydrogen-bond acceptors (Lipinski definition) is 8. The predicted molar refractivity (Wildman–Crippen MR) is 124 cm³/mol. The quantitative estimate of drug-likeness (QED) is 0.544. The molecule has 2 fully saturated rings. The largest absolute Gasteiger partial charge is 0.384 e. The van der Waals surface area contributed by atoms with Crippen molar-refractivity contribution in [2.45, 2.75) is 48.4 Å². The maximum absolute atomic E-state index is 6.52. The van der Waals surface area contributed by atoms with Crippen molar-refractivity contribution < 1.29 is 0 Å². The van der Waals surface area contributed by atoms with E-state index in [-0.39, 0.29) is 10.6 Å². The second-order valence-corrected chi connectivity index (χ2v) is 10.5. The fourth-order valence-corrected chi connectivity index (χ4v) is 6.52. The summed E-state index contributed by atoms with van der Waals surface area (Å²) in [6, 6.07) is 1.99. The van der Waals surface area contributed by atoms with Crippen LogP contribution in [0.1, 0.15) is 32.6 Å². The smallest absolute Gasteiger partial charge is 0.212 e. The molecule has 2 atom stereocenters. The van der Waals surface area contributed by atoms with Crippen molar-refractivity contribution in [2.75, 3.05) is 23.7 Å². The lowest BCUT2D eigenvalue weighted by Crippen LogP contribution is -2.47. The Kier molecular flexibility index (Phi) is 5.40. The molecule has 1 saturated heterocycles. The molecular formula is C20H24Cl2N8S. The molecule has 31 heavy (non-hydrogen) atoms. The van der Waals surface area contributed by atoms with Gasteiger partial charge in [0.2, 0.25) is 5.95 Å². The van der Waals surface area contributed by atoms with Crippen molar-refractivity contribution in [1.82, 2.24) is 24.6 Å². The number of piperidine rings is 1. The molecule has 1 saturated carbocycles. The maximum atomic E-state index is 6.52. The Morgan fingerprint density at radius 1 is 1.23 bits per heavy atom. The minimum atomic E-state index is 0.174. The summed E-state index contributed by atoms with van der Waals surface area (Å²) in [5.74, 6) is 1.86. The van der Waals surface area contributed by atoms with Crippen molar-refractivity contribution in [3.05, 3.63) is 28.8 Å². The minimum absolute atomic E-state index is 0.174. The lowest BCUT2D eigenvalue weighted by Gasteiger charge is -2.42. The number of nitrogens with zero attached hydrogens (tertiary/aromatic N) is 6. The zero-order valence-electron chi connectivity index (χ0n) is 17.1. The molecule has 1 aliphatic carbocycles. The highest BCUT2D eigenvalue weighted by molar-refractivity contribution is 7.99. The summed E-state index contributed by atoms with van der Waals surface area (Å²) in [4.78, 5) is 12.5. The van der Waals surface area contributed by atoms with Gasteiger partial charge in [0.25, 0.3) is 0 Å². The Labute approximate surface area is 194 Å². The number of fused-ring (bicyclic) bond motifs is 1. The maximum Gasteiger partial charge on any atom is 0.212 e. The van der Waals surface area contributed by atoms with Gasteiger partial charge in [0.05, 0.1) is 9.92 Å². The van der Waals surface area contributed by atoms with Crippen LogP contribution in [0.5, 0.6) is 0 Å². The number of nitrogen functional groups attached to an aromatic ring is 1. The van der Waals surface area contributed by atoms with Crippen LogP contribution < -0.4 is 16.4 Å². The number of rotatable bonds is 3. The lowest BCUT2D eigenvalue weighted by molar-refractivity contribution is 0.192. The molecule has 8 nitrogen and oxygen atoms in total. The van der Waals surface area contributed by atoms with E-state index < -0.39 is 0 Å². The molecule has 0 aromatic carbocycles. The summed E-state index contributed by atoms with van der Waals surface area (Å²) in [5.41, 5.74) is 13.3. The SMILES string of the molecule is CC1C[C@@H](N)C2(CCN(c3ncc(Sc4cc(N)nc(Cl)c4Cl)c4nncn34)CC2)C1. The van der Waals surface area contributed by atoms with Crippen LogP contribution in [0, 0.1) is 11.3 Å². The van der Waals surface area contributed by atoms with Gasteiger partial charge in [-0.3, -0.25) is 0 Å². The second-order valence-electron chi connectivity index (χ2n) is 8.70. The van der Waals surface area contributed by atoms with E-state index >= 15 is 0 Å². The Bertz CT molecular complexity index is 1130. The Balaban J connectivity index is 1.41. The van der Waals surface area contributed by atoms with Gasteiger partial charge < -0.3 is 16.4 Å². The van der Waals surface area contributed by atoms with E-state index in [1.807, 2.05) is 4.40 Å². The number of pyridine rings is 1. The average Bonchev–Trinajstić information content (AvgIpc) is 3.32. The first-order chi connectivity index (χ1) is 14.9. The van der Waals surface area contributed by atoms with Crippen molar-refractivity contribution in [3.8, 4) is 0 Å². The first-order valence-corrected chi connectivity index (χ1v) is 11.9. The summed E-state index contributed by atoms with van der Waals surface area (Å²) in [6.45, 7) is 4.17. The van der Waals surface area contributed by atoms with E-state index in [4.69, 9.17) is 39.7 Å². The third-order valence-corrected chi connectivity index (χ3v) is 8.56. The van der Waals surface area contributed by atoms with Crippen molar-refractivity contribution in [1.29, 1.82) is 0 Å². The number of halogens is 2. The van der Waals surface area contributed by atoms with Gasteiger partial charge in [0, 0.05) is 30.2 Å². The van der Waals surface area contributed by atoms with E-state index in [0.717, 1.165) is 43.2 Å². The van der Waals surface area contributed by atoms with E-state index in [1.54, 1.807) is 18.6 Å². The molecular weight excluding hydrogens is 455 g/mol. The Morgan fingerprint density at radius 2 is 2.00 bits per heavy atom. The van der Waals surface area contributed by atoms with Gasteiger partial charge >= 0.3 is 0 Å². The molecule has 4 N–H and O–H groups in total. The molecule has 3 aromatic heterocycles. The summed E-state index contributed by atoms with van der Waals surface area (Å²) in [6.07, 6.45) is 8.04. The normalized spacial score (nSPS) is 23.2. The molecule has 1 aliphatic heterocycles. The van der Waals surface area contributed by atoms with Gasteiger partial charge in [-0.2, -0.15) is 0 Å². The molecule has 164 valence electrons. The molecule has 0 amide bonds. The van der Waals surface area contributed by atoms with Crippen LogP contribution in [-0.2, 0) is 0 Å². The summed E-state index contributed by atoms with van der Waals surface area (Å²) in [7, 11) is 0. The van der Waals surface area contributed by atoms with Crippen LogP contribution in [0.15, 0.2) is 28.4 Å². The lowest BCUT2D eigenvalue weighted by atomic mass is 9.74. The first kappa shape index (κ1) is 21.1. The Morgan fingerprint density at radius 3 is 2.71 bits per heavy atom. The van der Waals surface area contributed by atoms with Gasteiger partial charge in [0.1, 0.15) is 12.1 Å². The highest BCUT2D eigenvalue weighted by atomic mass is 35.5. The third-order valence-electron chi connectivity index (χ3n) is 6.64. The molecule has 2 aliphatic rings. The van der Waals surface area contributed by atoms with E-state index in [1.165, 1.54) is 18.2 Å². The van der Waals surface area contributed by atoms with Gasteiger partial charge in [-0.15, -0.1) is 10.2 Å². The van der Waals surface area contributed by atoms with Crippen LogP contribution in [-0.4, -0.2) is 43.7 Å². The summed E-state index contributed by atoms with van der Waals surface area (Å²) >= 11 is 13.8. The van der Waals surface area contributed by atoms with E-state index in [0.29, 0.717) is 33.3 Å². The zero-order chi connectivity index (χ0) is 21.8. The van der Waals surface area contributed by atoms with Crippen molar-refractivity contribution >= 4 is 52.4 Å².